The minimum Gasteiger partial charge on any atom is -0.467 e. The molecule has 0 spiro atoms. The van der Waals surface area contributed by atoms with Crippen molar-refractivity contribution in [1.82, 2.24) is 10.2 Å². The Labute approximate surface area is 106 Å². The first-order valence-electron chi connectivity index (χ1n) is 5.82. The van der Waals surface area contributed by atoms with Crippen molar-refractivity contribution in [3.05, 3.63) is 35.9 Å². The molecule has 1 amide bonds. The van der Waals surface area contributed by atoms with Crippen LogP contribution in [0.1, 0.15) is 5.56 Å². The van der Waals surface area contributed by atoms with Crippen molar-refractivity contribution in [2.75, 3.05) is 20.2 Å². The number of esters is 1. The van der Waals surface area contributed by atoms with Crippen LogP contribution in [0.4, 0.5) is 0 Å². The van der Waals surface area contributed by atoms with Gasteiger partial charge in [-0.3, -0.25) is 9.69 Å². The van der Waals surface area contributed by atoms with E-state index >= 15 is 0 Å². The molecule has 0 aliphatic carbocycles. The molecule has 5 heteroatoms. The molecule has 0 aromatic heterocycles. The van der Waals surface area contributed by atoms with Gasteiger partial charge in [-0.2, -0.15) is 0 Å². The van der Waals surface area contributed by atoms with E-state index < -0.39 is 12.0 Å². The molecular weight excluding hydrogens is 232 g/mol. The second kappa shape index (κ2) is 5.64. The Balaban J connectivity index is 2.00. The van der Waals surface area contributed by atoms with Crippen molar-refractivity contribution >= 4 is 11.9 Å². The fourth-order valence-electron chi connectivity index (χ4n) is 2.05. The lowest BCUT2D eigenvalue weighted by molar-refractivity contribution is -0.147. The number of nitrogens with zero attached hydrogens (tertiary/aromatic N) is 1. The summed E-state index contributed by atoms with van der Waals surface area (Å²) in [6.07, 6.45) is 0. The lowest BCUT2D eigenvalue weighted by atomic mass is 10.1. The number of carbonyl (C=O) groups is 2. The number of amides is 1. The zero-order chi connectivity index (χ0) is 13.0. The summed E-state index contributed by atoms with van der Waals surface area (Å²) >= 11 is 0. The van der Waals surface area contributed by atoms with E-state index in [1.54, 1.807) is 0 Å². The molecule has 5 nitrogen and oxygen atoms in total. The normalized spacial score (nSPS) is 20.3. The van der Waals surface area contributed by atoms with Crippen LogP contribution in [0.3, 0.4) is 0 Å². The largest absolute Gasteiger partial charge is 0.467 e. The van der Waals surface area contributed by atoms with Crippen LogP contribution in [0.25, 0.3) is 0 Å². The molecule has 96 valence electrons. The van der Waals surface area contributed by atoms with E-state index in [9.17, 15) is 9.59 Å². The molecule has 1 saturated heterocycles. The third-order valence-corrected chi connectivity index (χ3v) is 2.88. The molecule has 0 saturated carbocycles. The summed E-state index contributed by atoms with van der Waals surface area (Å²) < 4.78 is 4.66. The molecule has 0 radical (unpaired) electrons. The summed E-state index contributed by atoms with van der Waals surface area (Å²) in [6.45, 7) is 1.44. The molecule has 1 fully saturated rings. The van der Waals surface area contributed by atoms with Gasteiger partial charge in [-0.25, -0.2) is 4.79 Å². The smallest absolute Gasteiger partial charge is 0.329 e. The van der Waals surface area contributed by atoms with E-state index in [0.717, 1.165) is 5.56 Å². The van der Waals surface area contributed by atoms with E-state index in [2.05, 4.69) is 10.1 Å². The van der Waals surface area contributed by atoms with Crippen molar-refractivity contribution in [1.29, 1.82) is 0 Å². The van der Waals surface area contributed by atoms with Crippen LogP contribution in [-0.2, 0) is 20.9 Å². The third-order valence-electron chi connectivity index (χ3n) is 2.88. The first-order valence-corrected chi connectivity index (χ1v) is 5.82. The maximum Gasteiger partial charge on any atom is 0.329 e. The first kappa shape index (κ1) is 12.6. The van der Waals surface area contributed by atoms with Crippen LogP contribution in [0.5, 0.6) is 0 Å². The minimum atomic E-state index is -0.569. The number of ether oxygens (including phenoxy) is 1. The van der Waals surface area contributed by atoms with Gasteiger partial charge < -0.3 is 10.1 Å². The second-order valence-electron chi connectivity index (χ2n) is 4.30. The maximum atomic E-state index is 11.5. The van der Waals surface area contributed by atoms with Crippen molar-refractivity contribution in [2.24, 2.45) is 0 Å². The Morgan fingerprint density at radius 1 is 1.44 bits per heavy atom. The van der Waals surface area contributed by atoms with Gasteiger partial charge in [-0.15, -0.1) is 0 Å². The number of hydrogen-bond acceptors (Lipinski definition) is 4. The fraction of sp³-hybridized carbons (Fsp3) is 0.385. The summed E-state index contributed by atoms with van der Waals surface area (Å²) in [7, 11) is 1.32. The van der Waals surface area contributed by atoms with Gasteiger partial charge in [0.05, 0.1) is 13.7 Å². The van der Waals surface area contributed by atoms with Crippen molar-refractivity contribution in [3.63, 3.8) is 0 Å². The number of nitrogens with one attached hydrogen (secondary N) is 1. The topological polar surface area (TPSA) is 58.6 Å². The molecule has 1 N–H and O–H groups in total. The van der Waals surface area contributed by atoms with Crippen LogP contribution in [0.15, 0.2) is 30.3 Å². The summed E-state index contributed by atoms with van der Waals surface area (Å²) in [5.41, 5.74) is 1.12. The maximum absolute atomic E-state index is 11.5. The quantitative estimate of drug-likeness (QED) is 0.774. The zero-order valence-corrected chi connectivity index (χ0v) is 10.3. The molecule has 18 heavy (non-hydrogen) atoms. The number of piperazine rings is 1. The highest BCUT2D eigenvalue weighted by atomic mass is 16.5. The van der Waals surface area contributed by atoms with E-state index in [0.29, 0.717) is 19.6 Å². The lowest BCUT2D eigenvalue weighted by Gasteiger charge is -2.31. The zero-order valence-electron chi connectivity index (χ0n) is 10.3. The molecule has 1 aliphatic heterocycles. The Morgan fingerprint density at radius 3 is 2.83 bits per heavy atom. The molecule has 0 bridgehead atoms. The lowest BCUT2D eigenvalue weighted by Crippen LogP contribution is -2.57. The predicted octanol–water partition coefficient (Wildman–Crippen LogP) is 0.160. The Kier molecular flexibility index (Phi) is 3.94. The molecule has 1 atom stereocenters. The van der Waals surface area contributed by atoms with E-state index in [1.165, 1.54) is 7.11 Å². The molecule has 1 heterocycles. The van der Waals surface area contributed by atoms with E-state index in [-0.39, 0.29) is 5.91 Å². The molecule has 1 aliphatic rings. The van der Waals surface area contributed by atoms with Gasteiger partial charge >= 0.3 is 5.97 Å². The van der Waals surface area contributed by atoms with E-state index in [4.69, 9.17) is 0 Å². The Hall–Kier alpha value is -1.88. The Morgan fingerprint density at radius 2 is 2.17 bits per heavy atom. The van der Waals surface area contributed by atoms with Gasteiger partial charge in [0.1, 0.15) is 6.04 Å². The fourth-order valence-corrected chi connectivity index (χ4v) is 2.05. The van der Waals surface area contributed by atoms with Gasteiger partial charge in [0.25, 0.3) is 0 Å². The number of rotatable bonds is 3. The molecule has 1 aromatic carbocycles. The van der Waals surface area contributed by atoms with Gasteiger partial charge in [0.15, 0.2) is 0 Å². The van der Waals surface area contributed by atoms with Crippen molar-refractivity contribution < 1.29 is 14.3 Å². The monoisotopic (exact) mass is 248 g/mol. The van der Waals surface area contributed by atoms with Gasteiger partial charge in [-0.05, 0) is 5.56 Å². The average Bonchev–Trinajstić information content (AvgIpc) is 2.38. The SMILES string of the molecule is COC(=O)C1CN(Cc2ccccc2)CC(=O)N1. The van der Waals surface area contributed by atoms with Crippen LogP contribution in [0.2, 0.25) is 0 Å². The van der Waals surface area contributed by atoms with Crippen LogP contribution >= 0.6 is 0 Å². The highest BCUT2D eigenvalue weighted by Gasteiger charge is 2.30. The summed E-state index contributed by atoms with van der Waals surface area (Å²) in [5, 5.41) is 2.63. The molecule has 1 unspecified atom stereocenters. The molecule has 1 aromatic rings. The van der Waals surface area contributed by atoms with Crippen LogP contribution in [-0.4, -0.2) is 43.0 Å². The van der Waals surface area contributed by atoms with Gasteiger partial charge in [0, 0.05) is 13.1 Å². The highest BCUT2D eigenvalue weighted by Crippen LogP contribution is 2.08. The summed E-state index contributed by atoms with van der Waals surface area (Å²) in [4.78, 5) is 24.9. The summed E-state index contributed by atoms with van der Waals surface area (Å²) in [5.74, 6) is -0.548. The first-order chi connectivity index (χ1) is 8.69. The summed E-state index contributed by atoms with van der Waals surface area (Å²) in [6, 6.07) is 9.29. The molecular formula is C13H16N2O3. The van der Waals surface area contributed by atoms with Crippen molar-refractivity contribution in [3.8, 4) is 0 Å². The second-order valence-corrected chi connectivity index (χ2v) is 4.30. The third kappa shape index (κ3) is 3.07. The molecule has 2 rings (SSSR count). The van der Waals surface area contributed by atoms with Crippen molar-refractivity contribution in [2.45, 2.75) is 12.6 Å². The van der Waals surface area contributed by atoms with Gasteiger partial charge in [-0.1, -0.05) is 30.3 Å². The predicted molar refractivity (Wildman–Crippen MR) is 65.7 cm³/mol. The standard InChI is InChI=1S/C13H16N2O3/c1-18-13(17)11-8-15(9-12(16)14-11)7-10-5-3-2-4-6-10/h2-6,11H,7-9H2,1H3,(H,14,16). The minimum absolute atomic E-state index is 0.146. The van der Waals surface area contributed by atoms with Crippen LogP contribution < -0.4 is 5.32 Å². The van der Waals surface area contributed by atoms with Gasteiger partial charge in [0.2, 0.25) is 5.91 Å². The number of carbonyl (C=O) groups excluding carboxylic acids is 2. The van der Waals surface area contributed by atoms with Crippen LogP contribution in [0, 0.1) is 0 Å². The number of methoxy groups -OCH3 is 1. The average molecular weight is 248 g/mol. The number of hydrogen-bond donors (Lipinski definition) is 1. The highest BCUT2D eigenvalue weighted by molar-refractivity contribution is 5.86. The van der Waals surface area contributed by atoms with E-state index in [1.807, 2.05) is 35.2 Å². The Bertz CT molecular complexity index is 433. The number of benzene rings is 1.